The van der Waals surface area contributed by atoms with Crippen LogP contribution in [0.25, 0.3) is 0 Å². The monoisotopic (exact) mass is 275 g/mol. The van der Waals surface area contributed by atoms with E-state index < -0.39 is 0 Å². The smallest absolute Gasteiger partial charge is 0.123 e. The largest absolute Gasteiger partial charge is 0.496 e. The first-order valence-corrected chi connectivity index (χ1v) is 7.25. The number of likely N-dealkylation sites (tertiary alicyclic amines) is 1. The first kappa shape index (κ1) is 14.9. The highest BCUT2D eigenvalue weighted by Crippen LogP contribution is 2.27. The molecule has 0 bridgehead atoms. The van der Waals surface area contributed by atoms with Gasteiger partial charge in [0.25, 0.3) is 0 Å². The summed E-state index contributed by atoms with van der Waals surface area (Å²) in [6.07, 6.45) is 1.27. The third-order valence-corrected chi connectivity index (χ3v) is 4.24. The Balaban J connectivity index is 2.12. The minimum Gasteiger partial charge on any atom is -0.496 e. The normalized spacial score (nSPS) is 19.5. The van der Waals surface area contributed by atoms with Gasteiger partial charge in [-0.3, -0.25) is 10.3 Å². The summed E-state index contributed by atoms with van der Waals surface area (Å²) < 4.78 is 5.43. The van der Waals surface area contributed by atoms with Gasteiger partial charge in [-0.1, -0.05) is 13.8 Å². The van der Waals surface area contributed by atoms with Crippen LogP contribution < -0.4 is 10.5 Å². The van der Waals surface area contributed by atoms with Gasteiger partial charge in [0.1, 0.15) is 11.6 Å². The van der Waals surface area contributed by atoms with E-state index in [1.54, 1.807) is 7.11 Å². The Labute approximate surface area is 121 Å². The van der Waals surface area contributed by atoms with E-state index in [0.717, 1.165) is 48.3 Å². The Kier molecular flexibility index (Phi) is 4.65. The van der Waals surface area contributed by atoms with E-state index in [9.17, 15) is 0 Å². The molecule has 0 amide bonds. The summed E-state index contributed by atoms with van der Waals surface area (Å²) >= 11 is 0. The Hall–Kier alpha value is -1.55. The quantitative estimate of drug-likeness (QED) is 0.641. The maximum absolute atomic E-state index is 7.56. The highest BCUT2D eigenvalue weighted by atomic mass is 16.5. The van der Waals surface area contributed by atoms with Gasteiger partial charge >= 0.3 is 0 Å². The third-order valence-electron chi connectivity index (χ3n) is 4.24. The van der Waals surface area contributed by atoms with Gasteiger partial charge in [0.05, 0.1) is 7.11 Å². The van der Waals surface area contributed by atoms with Gasteiger partial charge < -0.3 is 10.5 Å². The van der Waals surface area contributed by atoms with Gasteiger partial charge in [-0.25, -0.2) is 0 Å². The fourth-order valence-corrected chi connectivity index (χ4v) is 2.86. The second-order valence-corrected chi connectivity index (χ2v) is 5.97. The van der Waals surface area contributed by atoms with Crippen LogP contribution in [0, 0.1) is 17.2 Å². The van der Waals surface area contributed by atoms with E-state index in [4.69, 9.17) is 15.9 Å². The summed E-state index contributed by atoms with van der Waals surface area (Å²) in [5, 5.41) is 7.56. The molecule has 2 rings (SSSR count). The zero-order valence-corrected chi connectivity index (χ0v) is 12.6. The molecule has 1 aromatic carbocycles. The number of hydrogen-bond donors (Lipinski definition) is 2. The van der Waals surface area contributed by atoms with Gasteiger partial charge in [-0.2, -0.15) is 0 Å². The van der Waals surface area contributed by atoms with Crippen molar-refractivity contribution in [2.75, 3.05) is 20.2 Å². The van der Waals surface area contributed by atoms with Gasteiger partial charge in [0.15, 0.2) is 0 Å². The molecule has 1 saturated heterocycles. The van der Waals surface area contributed by atoms with Crippen LogP contribution in [0.4, 0.5) is 0 Å². The van der Waals surface area contributed by atoms with Gasteiger partial charge in [0.2, 0.25) is 0 Å². The number of methoxy groups -OCH3 is 1. The van der Waals surface area contributed by atoms with E-state index in [-0.39, 0.29) is 5.84 Å². The van der Waals surface area contributed by atoms with E-state index in [2.05, 4.69) is 18.7 Å². The van der Waals surface area contributed by atoms with Crippen molar-refractivity contribution >= 4 is 5.84 Å². The van der Waals surface area contributed by atoms with Crippen molar-refractivity contribution in [2.24, 2.45) is 17.6 Å². The summed E-state index contributed by atoms with van der Waals surface area (Å²) in [6.45, 7) is 7.74. The number of nitrogen functional groups attached to an aromatic ring is 1. The predicted molar refractivity (Wildman–Crippen MR) is 82.2 cm³/mol. The standard InChI is InChI=1S/C16H25N3O/c1-11(2)13-6-7-19(9-13)10-14-8-12(16(17)18)4-5-15(14)20-3/h4-5,8,11,13H,6-7,9-10H2,1-3H3,(H3,17,18). The lowest BCUT2D eigenvalue weighted by molar-refractivity contribution is 0.291. The average molecular weight is 275 g/mol. The lowest BCUT2D eigenvalue weighted by Gasteiger charge is -2.19. The van der Waals surface area contributed by atoms with Crippen LogP contribution in [-0.4, -0.2) is 30.9 Å². The van der Waals surface area contributed by atoms with E-state index in [0.29, 0.717) is 0 Å². The van der Waals surface area contributed by atoms with Crippen molar-refractivity contribution < 1.29 is 4.74 Å². The molecule has 1 fully saturated rings. The number of benzene rings is 1. The van der Waals surface area contributed by atoms with Crippen LogP contribution in [-0.2, 0) is 6.54 Å². The van der Waals surface area contributed by atoms with Gasteiger partial charge in [-0.05, 0) is 43.0 Å². The first-order valence-electron chi connectivity index (χ1n) is 7.25. The van der Waals surface area contributed by atoms with Crippen molar-refractivity contribution in [1.29, 1.82) is 5.41 Å². The van der Waals surface area contributed by atoms with Gasteiger partial charge in [-0.15, -0.1) is 0 Å². The molecule has 3 N–H and O–H groups in total. The Morgan fingerprint density at radius 1 is 1.50 bits per heavy atom. The fraction of sp³-hybridized carbons (Fsp3) is 0.562. The minimum absolute atomic E-state index is 0.107. The number of nitrogens with one attached hydrogen (secondary N) is 1. The molecule has 4 heteroatoms. The number of nitrogens with zero attached hydrogens (tertiary/aromatic N) is 1. The Morgan fingerprint density at radius 3 is 2.80 bits per heavy atom. The molecule has 0 saturated carbocycles. The maximum atomic E-state index is 7.56. The van der Waals surface area contributed by atoms with Crippen molar-refractivity contribution in [2.45, 2.75) is 26.8 Å². The van der Waals surface area contributed by atoms with Crippen LogP contribution in [0.3, 0.4) is 0 Å². The average Bonchev–Trinajstić information content (AvgIpc) is 2.87. The molecule has 0 aliphatic carbocycles. The highest BCUT2D eigenvalue weighted by molar-refractivity contribution is 5.95. The van der Waals surface area contributed by atoms with Crippen LogP contribution >= 0.6 is 0 Å². The zero-order chi connectivity index (χ0) is 14.7. The van der Waals surface area contributed by atoms with E-state index in [1.165, 1.54) is 6.42 Å². The topological polar surface area (TPSA) is 62.3 Å². The third kappa shape index (κ3) is 3.31. The molecule has 0 spiro atoms. The number of amidine groups is 1. The van der Waals surface area contributed by atoms with E-state index in [1.807, 2.05) is 18.2 Å². The molecular formula is C16H25N3O. The second kappa shape index (κ2) is 6.27. The molecule has 0 aromatic heterocycles. The summed E-state index contributed by atoms with van der Waals surface area (Å²) in [7, 11) is 1.69. The van der Waals surface area contributed by atoms with Crippen molar-refractivity contribution in [3.63, 3.8) is 0 Å². The van der Waals surface area contributed by atoms with Crippen molar-refractivity contribution in [3.05, 3.63) is 29.3 Å². The molecule has 1 aliphatic rings. The Bertz CT molecular complexity index is 485. The molecule has 1 aliphatic heterocycles. The SMILES string of the molecule is COc1ccc(C(=N)N)cc1CN1CCC(C(C)C)C1. The highest BCUT2D eigenvalue weighted by Gasteiger charge is 2.25. The molecule has 20 heavy (non-hydrogen) atoms. The predicted octanol–water partition coefficient (Wildman–Crippen LogP) is 2.46. The number of rotatable bonds is 5. The van der Waals surface area contributed by atoms with Crippen LogP contribution in [0.15, 0.2) is 18.2 Å². The number of ether oxygens (including phenoxy) is 1. The summed E-state index contributed by atoms with van der Waals surface area (Å²) in [6, 6.07) is 5.72. The Morgan fingerprint density at radius 2 is 2.25 bits per heavy atom. The van der Waals surface area contributed by atoms with E-state index >= 15 is 0 Å². The maximum Gasteiger partial charge on any atom is 0.123 e. The zero-order valence-electron chi connectivity index (χ0n) is 12.6. The molecule has 1 atom stereocenters. The van der Waals surface area contributed by atoms with Crippen molar-refractivity contribution in [1.82, 2.24) is 4.90 Å². The summed E-state index contributed by atoms with van der Waals surface area (Å²) in [5.74, 6) is 2.51. The van der Waals surface area contributed by atoms with Crippen LogP contribution in [0.1, 0.15) is 31.4 Å². The van der Waals surface area contributed by atoms with Crippen LogP contribution in [0.2, 0.25) is 0 Å². The molecule has 110 valence electrons. The molecule has 1 aromatic rings. The molecule has 1 heterocycles. The van der Waals surface area contributed by atoms with Crippen molar-refractivity contribution in [3.8, 4) is 5.75 Å². The van der Waals surface area contributed by atoms with Gasteiger partial charge in [0, 0.05) is 24.2 Å². The van der Waals surface area contributed by atoms with Crippen LogP contribution in [0.5, 0.6) is 5.75 Å². The lowest BCUT2D eigenvalue weighted by atomic mass is 9.95. The molecule has 1 unspecified atom stereocenters. The lowest BCUT2D eigenvalue weighted by Crippen LogP contribution is -2.22. The fourth-order valence-electron chi connectivity index (χ4n) is 2.86. The second-order valence-electron chi connectivity index (χ2n) is 5.97. The number of nitrogens with two attached hydrogens (primary N) is 1. The molecular weight excluding hydrogens is 250 g/mol. The summed E-state index contributed by atoms with van der Waals surface area (Å²) in [5.41, 5.74) is 7.45. The number of hydrogen-bond acceptors (Lipinski definition) is 3. The minimum atomic E-state index is 0.107. The summed E-state index contributed by atoms with van der Waals surface area (Å²) in [4.78, 5) is 2.46. The molecule has 0 radical (unpaired) electrons. The first-order chi connectivity index (χ1) is 9.51. The molecule has 4 nitrogen and oxygen atoms in total.